The number of aliphatic hydroxyl groups is 1. The first kappa shape index (κ1) is 17.2. The minimum absolute atomic E-state index is 0.0767. The molecule has 0 aromatic heterocycles. The van der Waals surface area contributed by atoms with E-state index >= 15 is 0 Å². The Morgan fingerprint density at radius 2 is 1.71 bits per heavy atom. The molecule has 5 nitrogen and oxygen atoms in total. The van der Waals surface area contributed by atoms with Crippen molar-refractivity contribution in [3.05, 3.63) is 35.4 Å². The summed E-state index contributed by atoms with van der Waals surface area (Å²) in [6.07, 6.45) is 1.82. The molecule has 0 aliphatic rings. The van der Waals surface area contributed by atoms with Gasteiger partial charge in [0.25, 0.3) is 0 Å². The molecule has 0 fully saturated rings. The highest BCUT2D eigenvalue weighted by Gasteiger charge is 2.19. The number of carboxylic acids is 1. The average Bonchev–Trinajstić information content (AvgIpc) is 2.48. The van der Waals surface area contributed by atoms with Gasteiger partial charge in [0, 0.05) is 5.92 Å². The quantitative estimate of drug-likeness (QED) is 0.720. The molecule has 0 aliphatic carbocycles. The van der Waals surface area contributed by atoms with Gasteiger partial charge >= 0.3 is 11.9 Å². The third-order valence-corrected chi connectivity index (χ3v) is 3.45. The number of hydrogen-bond donors (Lipinski definition) is 2. The highest BCUT2D eigenvalue weighted by Crippen LogP contribution is 2.15. The van der Waals surface area contributed by atoms with Crippen LogP contribution in [0.25, 0.3) is 0 Å². The first-order valence-electron chi connectivity index (χ1n) is 7.18. The van der Waals surface area contributed by atoms with Crippen LogP contribution in [0.5, 0.6) is 0 Å². The lowest BCUT2D eigenvalue weighted by Crippen LogP contribution is -2.25. The van der Waals surface area contributed by atoms with Crippen molar-refractivity contribution in [1.29, 1.82) is 0 Å². The van der Waals surface area contributed by atoms with Crippen LogP contribution in [-0.2, 0) is 4.74 Å². The Hall–Kier alpha value is -1.88. The predicted octanol–water partition coefficient (Wildman–Crippen LogP) is 2.73. The smallest absolute Gasteiger partial charge is 0.338 e. The number of rotatable bonds is 8. The third-order valence-electron chi connectivity index (χ3n) is 3.45. The number of benzene rings is 1. The Bertz CT molecular complexity index is 466. The van der Waals surface area contributed by atoms with E-state index in [1.807, 2.05) is 13.8 Å². The molecule has 0 spiro atoms. The van der Waals surface area contributed by atoms with Gasteiger partial charge in [-0.1, -0.05) is 20.3 Å². The summed E-state index contributed by atoms with van der Waals surface area (Å²) in [4.78, 5) is 22.6. The van der Waals surface area contributed by atoms with Gasteiger partial charge in [0.05, 0.1) is 23.8 Å². The van der Waals surface area contributed by atoms with Gasteiger partial charge < -0.3 is 14.9 Å². The van der Waals surface area contributed by atoms with Gasteiger partial charge in [0.2, 0.25) is 0 Å². The van der Waals surface area contributed by atoms with Crippen molar-refractivity contribution in [3.8, 4) is 0 Å². The van der Waals surface area contributed by atoms with Crippen molar-refractivity contribution in [1.82, 2.24) is 0 Å². The van der Waals surface area contributed by atoms with Crippen molar-refractivity contribution in [2.45, 2.75) is 39.2 Å². The Morgan fingerprint density at radius 1 is 1.14 bits per heavy atom. The molecule has 116 valence electrons. The number of esters is 1. The van der Waals surface area contributed by atoms with Crippen LogP contribution in [0.1, 0.15) is 53.8 Å². The molecule has 1 rings (SSSR count). The zero-order valence-electron chi connectivity index (χ0n) is 12.4. The predicted molar refractivity (Wildman–Crippen MR) is 78.4 cm³/mol. The summed E-state index contributed by atoms with van der Waals surface area (Å²) in [7, 11) is 0. The first-order valence-corrected chi connectivity index (χ1v) is 7.18. The molecule has 0 amide bonds. The van der Waals surface area contributed by atoms with Gasteiger partial charge in [0.1, 0.15) is 0 Å². The van der Waals surface area contributed by atoms with Crippen molar-refractivity contribution in [3.63, 3.8) is 0 Å². The maximum atomic E-state index is 11.9. The Kier molecular flexibility index (Phi) is 6.88. The Balaban J connectivity index is 2.58. The zero-order valence-corrected chi connectivity index (χ0v) is 12.4. The van der Waals surface area contributed by atoms with Crippen molar-refractivity contribution in [2.75, 3.05) is 6.61 Å². The second-order valence-electron chi connectivity index (χ2n) is 5.01. The Morgan fingerprint density at radius 3 is 2.19 bits per heavy atom. The van der Waals surface area contributed by atoms with E-state index < -0.39 is 18.0 Å². The summed E-state index contributed by atoms with van der Waals surface area (Å²) in [5, 5.41) is 18.7. The van der Waals surface area contributed by atoms with Crippen LogP contribution in [-0.4, -0.2) is 34.9 Å². The largest absolute Gasteiger partial charge is 0.478 e. The molecular formula is C16H22O5. The number of ether oxygens (including phenoxy) is 1. The molecule has 0 heterocycles. The summed E-state index contributed by atoms with van der Waals surface area (Å²) >= 11 is 0. The molecule has 0 bridgehead atoms. The minimum Gasteiger partial charge on any atom is -0.478 e. The minimum atomic E-state index is -1.04. The number of carbonyl (C=O) groups excluding carboxylic acids is 1. The fourth-order valence-electron chi connectivity index (χ4n) is 2.05. The van der Waals surface area contributed by atoms with Crippen LogP contribution < -0.4 is 0 Å². The van der Waals surface area contributed by atoms with E-state index in [0.29, 0.717) is 12.0 Å². The summed E-state index contributed by atoms with van der Waals surface area (Å²) in [6, 6.07) is 5.58. The standard InChI is InChI=1S/C16H22O5/c1-3-5-14(17)11(4-2)10-21-16(20)13-8-6-12(7-9-13)15(18)19/h6-9,11,14,17H,3-5,10H2,1-2H3,(H,18,19). The molecule has 1 aromatic carbocycles. The van der Waals surface area contributed by atoms with Gasteiger partial charge in [0.15, 0.2) is 0 Å². The van der Waals surface area contributed by atoms with Crippen LogP contribution >= 0.6 is 0 Å². The molecule has 0 radical (unpaired) electrons. The molecule has 0 saturated heterocycles. The molecular weight excluding hydrogens is 272 g/mol. The maximum Gasteiger partial charge on any atom is 0.338 e. The van der Waals surface area contributed by atoms with E-state index in [4.69, 9.17) is 9.84 Å². The summed E-state index contributed by atoms with van der Waals surface area (Å²) < 4.78 is 5.20. The number of carboxylic acid groups (broad SMARTS) is 1. The molecule has 2 N–H and O–H groups in total. The van der Waals surface area contributed by atoms with Crippen LogP contribution in [0, 0.1) is 5.92 Å². The molecule has 1 aromatic rings. The summed E-state index contributed by atoms with van der Waals surface area (Å²) in [6.45, 7) is 4.10. The second kappa shape index (κ2) is 8.42. The molecule has 21 heavy (non-hydrogen) atoms. The molecule has 2 atom stereocenters. The van der Waals surface area contributed by atoms with Gasteiger partial charge in [-0.25, -0.2) is 9.59 Å². The Labute approximate surface area is 124 Å². The zero-order chi connectivity index (χ0) is 15.8. The van der Waals surface area contributed by atoms with E-state index in [1.54, 1.807) is 0 Å². The molecule has 5 heteroatoms. The highest BCUT2D eigenvalue weighted by molar-refractivity contribution is 5.92. The van der Waals surface area contributed by atoms with Crippen LogP contribution in [0.4, 0.5) is 0 Å². The van der Waals surface area contributed by atoms with E-state index in [2.05, 4.69) is 0 Å². The van der Waals surface area contributed by atoms with Gasteiger partial charge in [-0.05, 0) is 37.1 Å². The number of aromatic carboxylic acids is 1. The lowest BCUT2D eigenvalue weighted by molar-refractivity contribution is 0.0195. The monoisotopic (exact) mass is 294 g/mol. The number of carbonyl (C=O) groups is 2. The fraction of sp³-hybridized carbons (Fsp3) is 0.500. The average molecular weight is 294 g/mol. The van der Waals surface area contributed by atoms with Crippen LogP contribution in [0.15, 0.2) is 24.3 Å². The molecule has 2 unspecified atom stereocenters. The van der Waals surface area contributed by atoms with E-state index in [0.717, 1.165) is 12.8 Å². The first-order chi connectivity index (χ1) is 9.99. The number of aliphatic hydroxyl groups excluding tert-OH is 1. The SMILES string of the molecule is CCCC(O)C(CC)COC(=O)c1ccc(C(=O)O)cc1. The van der Waals surface area contributed by atoms with Crippen molar-refractivity contribution < 1.29 is 24.5 Å². The van der Waals surface area contributed by atoms with E-state index in [9.17, 15) is 14.7 Å². The highest BCUT2D eigenvalue weighted by atomic mass is 16.5. The third kappa shape index (κ3) is 5.19. The topological polar surface area (TPSA) is 83.8 Å². The van der Waals surface area contributed by atoms with E-state index in [-0.39, 0.29) is 18.1 Å². The van der Waals surface area contributed by atoms with Crippen molar-refractivity contribution >= 4 is 11.9 Å². The lowest BCUT2D eigenvalue weighted by atomic mass is 9.97. The van der Waals surface area contributed by atoms with Gasteiger partial charge in [-0.3, -0.25) is 0 Å². The van der Waals surface area contributed by atoms with Crippen molar-refractivity contribution in [2.24, 2.45) is 5.92 Å². The lowest BCUT2D eigenvalue weighted by Gasteiger charge is -2.20. The van der Waals surface area contributed by atoms with Crippen LogP contribution in [0.2, 0.25) is 0 Å². The van der Waals surface area contributed by atoms with Crippen LogP contribution in [0.3, 0.4) is 0 Å². The maximum absolute atomic E-state index is 11.9. The van der Waals surface area contributed by atoms with Gasteiger partial charge in [-0.15, -0.1) is 0 Å². The molecule has 0 aliphatic heterocycles. The van der Waals surface area contributed by atoms with E-state index in [1.165, 1.54) is 24.3 Å². The normalized spacial score (nSPS) is 13.5. The second-order valence-corrected chi connectivity index (χ2v) is 5.01. The summed E-state index contributed by atoms with van der Waals surface area (Å²) in [5.74, 6) is -1.62. The summed E-state index contributed by atoms with van der Waals surface area (Å²) in [5.41, 5.74) is 0.427. The fourth-order valence-corrected chi connectivity index (χ4v) is 2.05. The number of hydrogen-bond acceptors (Lipinski definition) is 4. The van der Waals surface area contributed by atoms with Gasteiger partial charge in [-0.2, -0.15) is 0 Å². The molecule has 0 saturated carbocycles.